The number of amides is 2. The molecular formula is C19H14N4O2. The maximum absolute atomic E-state index is 12.2. The Bertz CT molecular complexity index is 814. The molecule has 0 aromatic heterocycles. The Morgan fingerprint density at radius 3 is 1.44 bits per heavy atom. The molecule has 25 heavy (non-hydrogen) atoms. The minimum atomic E-state index is -0.353. The molecule has 0 aliphatic heterocycles. The molecule has 2 aromatic rings. The van der Waals surface area contributed by atoms with Crippen LogP contribution in [0.1, 0.15) is 17.5 Å². The van der Waals surface area contributed by atoms with Gasteiger partial charge in [0.25, 0.3) is 0 Å². The van der Waals surface area contributed by atoms with Gasteiger partial charge in [-0.1, -0.05) is 0 Å². The van der Waals surface area contributed by atoms with E-state index in [1.165, 1.54) is 0 Å². The van der Waals surface area contributed by atoms with Gasteiger partial charge in [-0.3, -0.25) is 9.59 Å². The Labute approximate surface area is 144 Å². The van der Waals surface area contributed by atoms with Gasteiger partial charge in [0.15, 0.2) is 0 Å². The molecule has 2 unspecified atom stereocenters. The topological polar surface area (TPSA) is 106 Å². The fourth-order valence-electron chi connectivity index (χ4n) is 2.50. The van der Waals surface area contributed by atoms with E-state index >= 15 is 0 Å². The van der Waals surface area contributed by atoms with Crippen LogP contribution in [0, 0.1) is 34.5 Å². The van der Waals surface area contributed by atoms with Crippen LogP contribution in [0.25, 0.3) is 0 Å². The summed E-state index contributed by atoms with van der Waals surface area (Å²) in [6, 6.07) is 17.1. The van der Waals surface area contributed by atoms with Crippen molar-refractivity contribution in [2.24, 2.45) is 11.8 Å². The minimum Gasteiger partial charge on any atom is -0.326 e. The number of rotatable bonds is 4. The second kappa shape index (κ2) is 6.86. The van der Waals surface area contributed by atoms with Gasteiger partial charge in [-0.25, -0.2) is 0 Å². The lowest BCUT2D eigenvalue weighted by Gasteiger charge is -2.06. The van der Waals surface area contributed by atoms with Crippen LogP contribution in [0.15, 0.2) is 48.5 Å². The number of benzene rings is 2. The van der Waals surface area contributed by atoms with Gasteiger partial charge in [-0.05, 0) is 55.0 Å². The van der Waals surface area contributed by atoms with E-state index in [9.17, 15) is 9.59 Å². The molecule has 122 valence electrons. The Morgan fingerprint density at radius 1 is 0.760 bits per heavy atom. The molecule has 0 radical (unpaired) electrons. The number of anilines is 2. The third kappa shape index (κ3) is 3.82. The first-order valence-electron chi connectivity index (χ1n) is 7.73. The Morgan fingerprint density at radius 2 is 1.12 bits per heavy atom. The monoisotopic (exact) mass is 330 g/mol. The highest BCUT2D eigenvalue weighted by atomic mass is 16.2. The summed E-state index contributed by atoms with van der Waals surface area (Å²) in [7, 11) is 0. The van der Waals surface area contributed by atoms with E-state index in [2.05, 4.69) is 10.6 Å². The van der Waals surface area contributed by atoms with Crippen molar-refractivity contribution in [2.45, 2.75) is 6.42 Å². The summed E-state index contributed by atoms with van der Waals surface area (Å²) in [5.41, 5.74) is 2.23. The largest absolute Gasteiger partial charge is 0.326 e. The van der Waals surface area contributed by atoms with Crippen LogP contribution < -0.4 is 10.6 Å². The molecule has 2 atom stereocenters. The molecule has 0 saturated heterocycles. The average molecular weight is 330 g/mol. The fourth-order valence-corrected chi connectivity index (χ4v) is 2.50. The van der Waals surface area contributed by atoms with Crippen LogP contribution in [0.5, 0.6) is 0 Å². The molecule has 1 aliphatic carbocycles. The number of nitrogens with zero attached hydrogens (tertiary/aromatic N) is 2. The standard InChI is InChI=1S/C19H14N4O2/c20-10-12-1-5-14(6-2-12)22-18(24)16-9-17(16)19(25)23-15-7-3-13(11-21)4-8-15/h1-8,16-17H,9H2,(H,22,24)(H,23,25). The molecule has 2 aromatic carbocycles. The van der Waals surface area contributed by atoms with E-state index in [-0.39, 0.29) is 23.7 Å². The number of hydrogen-bond acceptors (Lipinski definition) is 4. The Hall–Kier alpha value is -3.64. The second-order valence-electron chi connectivity index (χ2n) is 5.81. The average Bonchev–Trinajstić information content (AvgIpc) is 3.44. The van der Waals surface area contributed by atoms with Crippen molar-refractivity contribution in [3.63, 3.8) is 0 Å². The predicted molar refractivity (Wildman–Crippen MR) is 91.2 cm³/mol. The normalized spacial score (nSPS) is 17.7. The fraction of sp³-hybridized carbons (Fsp3) is 0.158. The maximum Gasteiger partial charge on any atom is 0.228 e. The van der Waals surface area contributed by atoms with Gasteiger partial charge >= 0.3 is 0 Å². The van der Waals surface area contributed by atoms with Crippen LogP contribution >= 0.6 is 0 Å². The van der Waals surface area contributed by atoms with E-state index in [0.717, 1.165) is 0 Å². The zero-order chi connectivity index (χ0) is 17.8. The molecule has 6 nitrogen and oxygen atoms in total. The van der Waals surface area contributed by atoms with Crippen molar-refractivity contribution in [1.82, 2.24) is 0 Å². The van der Waals surface area contributed by atoms with Crippen LogP contribution in [-0.4, -0.2) is 11.8 Å². The summed E-state index contributed by atoms with van der Waals surface area (Å²) in [6.07, 6.45) is 0.504. The third-order valence-corrected chi connectivity index (χ3v) is 4.03. The molecule has 3 rings (SSSR count). The third-order valence-electron chi connectivity index (χ3n) is 4.03. The SMILES string of the molecule is N#Cc1ccc(NC(=O)C2CC2C(=O)Nc2ccc(C#N)cc2)cc1. The van der Waals surface area contributed by atoms with Gasteiger partial charge in [0.1, 0.15) is 0 Å². The highest BCUT2D eigenvalue weighted by molar-refractivity contribution is 6.03. The van der Waals surface area contributed by atoms with Gasteiger partial charge in [0.05, 0.1) is 35.1 Å². The highest BCUT2D eigenvalue weighted by Gasteiger charge is 2.48. The minimum absolute atomic E-state index is 0.204. The molecular weight excluding hydrogens is 316 g/mol. The Kier molecular flexibility index (Phi) is 4.45. The predicted octanol–water partition coefficient (Wildman–Crippen LogP) is 2.64. The molecule has 6 heteroatoms. The van der Waals surface area contributed by atoms with Crippen LogP contribution in [0.2, 0.25) is 0 Å². The van der Waals surface area contributed by atoms with E-state index in [4.69, 9.17) is 10.5 Å². The van der Waals surface area contributed by atoms with E-state index < -0.39 is 0 Å². The van der Waals surface area contributed by atoms with Crippen molar-refractivity contribution in [3.8, 4) is 12.1 Å². The van der Waals surface area contributed by atoms with Crippen molar-refractivity contribution >= 4 is 23.2 Å². The van der Waals surface area contributed by atoms with Gasteiger partial charge in [0, 0.05) is 11.4 Å². The van der Waals surface area contributed by atoms with Crippen LogP contribution in [0.3, 0.4) is 0 Å². The van der Waals surface area contributed by atoms with Gasteiger partial charge in [-0.2, -0.15) is 10.5 Å². The first-order valence-corrected chi connectivity index (χ1v) is 7.73. The second-order valence-corrected chi connectivity index (χ2v) is 5.81. The quantitative estimate of drug-likeness (QED) is 0.898. The van der Waals surface area contributed by atoms with Crippen molar-refractivity contribution in [3.05, 3.63) is 59.7 Å². The van der Waals surface area contributed by atoms with Crippen molar-refractivity contribution in [2.75, 3.05) is 10.6 Å². The van der Waals surface area contributed by atoms with Crippen LogP contribution in [0.4, 0.5) is 11.4 Å². The summed E-state index contributed by atoms with van der Waals surface area (Å²) >= 11 is 0. The summed E-state index contributed by atoms with van der Waals surface area (Å²) < 4.78 is 0. The number of hydrogen-bond donors (Lipinski definition) is 2. The summed E-state index contributed by atoms with van der Waals surface area (Å²) in [4.78, 5) is 24.4. The molecule has 2 N–H and O–H groups in total. The smallest absolute Gasteiger partial charge is 0.228 e. The molecule has 1 aliphatic rings. The lowest BCUT2D eigenvalue weighted by atomic mass is 10.2. The summed E-state index contributed by atoms with van der Waals surface area (Å²) in [6.45, 7) is 0. The molecule has 0 bridgehead atoms. The van der Waals surface area contributed by atoms with E-state index in [1.807, 2.05) is 12.1 Å². The molecule has 2 amide bonds. The highest BCUT2D eigenvalue weighted by Crippen LogP contribution is 2.40. The summed E-state index contributed by atoms with van der Waals surface area (Å²) in [5, 5.41) is 23.0. The zero-order valence-corrected chi connectivity index (χ0v) is 13.2. The van der Waals surface area contributed by atoms with E-state index in [0.29, 0.717) is 28.9 Å². The summed E-state index contributed by atoms with van der Waals surface area (Å²) in [5.74, 6) is -1.11. The lowest BCUT2D eigenvalue weighted by Crippen LogP contribution is -2.20. The molecule has 1 fully saturated rings. The van der Waals surface area contributed by atoms with Crippen molar-refractivity contribution in [1.29, 1.82) is 10.5 Å². The van der Waals surface area contributed by atoms with Gasteiger partial charge < -0.3 is 10.6 Å². The molecule has 0 spiro atoms. The van der Waals surface area contributed by atoms with Gasteiger partial charge in [0.2, 0.25) is 11.8 Å². The zero-order valence-electron chi connectivity index (χ0n) is 13.2. The molecule has 0 heterocycles. The Balaban J connectivity index is 1.54. The number of nitriles is 2. The van der Waals surface area contributed by atoms with Crippen LogP contribution in [-0.2, 0) is 9.59 Å². The van der Waals surface area contributed by atoms with Crippen molar-refractivity contribution < 1.29 is 9.59 Å². The first-order chi connectivity index (χ1) is 12.1. The number of carbonyl (C=O) groups is 2. The number of nitrogens with one attached hydrogen (secondary N) is 2. The molecule has 1 saturated carbocycles. The number of carbonyl (C=O) groups excluding carboxylic acids is 2. The first kappa shape index (κ1) is 16.2. The van der Waals surface area contributed by atoms with Gasteiger partial charge in [-0.15, -0.1) is 0 Å². The van der Waals surface area contributed by atoms with E-state index in [1.54, 1.807) is 48.5 Å². The lowest BCUT2D eigenvalue weighted by molar-refractivity contribution is -0.122. The maximum atomic E-state index is 12.2.